The molecule has 21 heteroatoms. The Morgan fingerprint density at radius 3 is 1.40 bits per heavy atom. The number of nitrogens with one attached hydrogen (secondary N) is 5. The Morgan fingerprint density at radius 1 is 0.547 bits per heavy atom. The van der Waals surface area contributed by atoms with Crippen molar-refractivity contribution in [3.8, 4) is 0 Å². The van der Waals surface area contributed by atoms with E-state index in [0.29, 0.717) is 12.8 Å². The first-order valence-electron chi connectivity index (χ1n) is 17.5. The van der Waals surface area contributed by atoms with E-state index in [1.165, 1.54) is 6.92 Å². The number of hydrogen-bond donors (Lipinski definition) is 12. The van der Waals surface area contributed by atoms with Gasteiger partial charge in [0.2, 0.25) is 35.4 Å². The number of aliphatic carboxylic acids is 1. The molecule has 302 valence electrons. The second-order valence-electron chi connectivity index (χ2n) is 13.6. The molecule has 0 bridgehead atoms. The zero-order valence-corrected chi connectivity index (χ0v) is 31.4. The van der Waals surface area contributed by atoms with Crippen molar-refractivity contribution in [3.05, 3.63) is 0 Å². The molecule has 0 saturated carbocycles. The summed E-state index contributed by atoms with van der Waals surface area (Å²) in [7, 11) is 0. The summed E-state index contributed by atoms with van der Waals surface area (Å²) < 4.78 is 0. The van der Waals surface area contributed by atoms with Crippen molar-refractivity contribution in [3.63, 3.8) is 0 Å². The van der Waals surface area contributed by atoms with E-state index in [4.69, 9.17) is 34.4 Å². The van der Waals surface area contributed by atoms with Gasteiger partial charge in [-0.1, -0.05) is 27.7 Å². The van der Waals surface area contributed by atoms with E-state index in [-0.39, 0.29) is 75.4 Å². The number of carbonyl (C=O) groups is 7. The van der Waals surface area contributed by atoms with Crippen LogP contribution in [0.5, 0.6) is 0 Å². The SMILES string of the molecule is CC(C)C[C@H](NC(=O)[C@H](C)NC(=O)[C@H](CCCN=C(N)N)NC(=O)[C@@H](N)CC(C)C)C(=O)N[C@@H](CCCN=C(N)N)C(=O)N[C@@H](CCC(N)=O)C(=O)O. The molecule has 0 radical (unpaired) electrons. The highest BCUT2D eigenvalue weighted by Gasteiger charge is 2.32. The van der Waals surface area contributed by atoms with Gasteiger partial charge in [-0.25, -0.2) is 4.79 Å². The summed E-state index contributed by atoms with van der Waals surface area (Å²) in [6.45, 7) is 9.05. The molecule has 0 aromatic carbocycles. The van der Waals surface area contributed by atoms with E-state index in [1.54, 1.807) is 13.8 Å². The highest BCUT2D eigenvalue weighted by atomic mass is 16.4. The lowest BCUT2D eigenvalue weighted by molar-refractivity contribution is -0.142. The van der Waals surface area contributed by atoms with Crippen molar-refractivity contribution < 1.29 is 38.7 Å². The molecule has 0 saturated heterocycles. The smallest absolute Gasteiger partial charge is 0.326 e. The largest absolute Gasteiger partial charge is 0.480 e. The summed E-state index contributed by atoms with van der Waals surface area (Å²) in [5, 5.41) is 22.2. The number of primary amides is 1. The van der Waals surface area contributed by atoms with Crippen molar-refractivity contribution in [1.29, 1.82) is 0 Å². The molecule has 53 heavy (non-hydrogen) atoms. The topological polar surface area (TPSA) is 381 Å². The van der Waals surface area contributed by atoms with Gasteiger partial charge in [-0.2, -0.15) is 0 Å². The molecule has 0 spiro atoms. The molecule has 0 aliphatic rings. The zero-order chi connectivity index (χ0) is 40.8. The van der Waals surface area contributed by atoms with Crippen LogP contribution in [0.1, 0.15) is 86.0 Å². The summed E-state index contributed by atoms with van der Waals surface area (Å²) in [5.74, 6) is -6.13. The Kier molecular flexibility index (Phi) is 22.4. The minimum Gasteiger partial charge on any atom is -0.480 e. The van der Waals surface area contributed by atoms with Gasteiger partial charge in [-0.3, -0.25) is 38.8 Å². The predicted molar refractivity (Wildman–Crippen MR) is 198 cm³/mol. The Hall–Kier alpha value is -5.21. The number of carboxylic acids is 1. The fourth-order valence-electron chi connectivity index (χ4n) is 4.91. The second-order valence-corrected chi connectivity index (χ2v) is 13.6. The molecule has 6 amide bonds. The van der Waals surface area contributed by atoms with Gasteiger partial charge in [0.15, 0.2) is 11.9 Å². The lowest BCUT2D eigenvalue weighted by Gasteiger charge is -2.27. The Morgan fingerprint density at radius 2 is 0.962 bits per heavy atom. The third-order valence-electron chi connectivity index (χ3n) is 7.60. The maximum absolute atomic E-state index is 13.6. The van der Waals surface area contributed by atoms with Crippen LogP contribution in [0.25, 0.3) is 0 Å². The average molecular weight is 756 g/mol. The van der Waals surface area contributed by atoms with Gasteiger partial charge in [0, 0.05) is 19.5 Å². The molecule has 0 aromatic rings. The standard InChI is InChI=1S/C32H61N13O8/c1-16(2)14-19(33)26(48)42-20(8-6-12-39-31(35)36)27(49)41-18(5)25(47)45-23(15-17(3)4)29(51)43-21(9-7-13-40-32(37)38)28(50)44-22(30(52)53)10-11-24(34)46/h16-23H,6-15,33H2,1-5H3,(H2,34,46)(H,41,49)(H,42,48)(H,43,51)(H,44,50)(H,45,47)(H,52,53)(H4,35,36,39)(H4,37,38,40)/t18-,19-,20-,21-,22-,23-/m0/s1. The van der Waals surface area contributed by atoms with Crippen LogP contribution in [0.3, 0.4) is 0 Å². The Labute approximate surface area is 310 Å². The zero-order valence-electron chi connectivity index (χ0n) is 31.4. The Bertz CT molecular complexity index is 1300. The van der Waals surface area contributed by atoms with Crippen molar-refractivity contribution in [2.24, 2.45) is 56.2 Å². The van der Waals surface area contributed by atoms with Crippen LogP contribution >= 0.6 is 0 Å². The van der Waals surface area contributed by atoms with Crippen LogP contribution in [0.4, 0.5) is 0 Å². The summed E-state index contributed by atoms with van der Waals surface area (Å²) in [6, 6.07) is -7.11. The molecular weight excluding hydrogens is 694 g/mol. The third-order valence-corrected chi connectivity index (χ3v) is 7.60. The maximum Gasteiger partial charge on any atom is 0.326 e. The van der Waals surface area contributed by atoms with Gasteiger partial charge in [-0.05, 0) is 63.7 Å². The molecular formula is C32H61N13O8. The quantitative estimate of drug-likeness (QED) is 0.0230. The third kappa shape index (κ3) is 21.7. The molecule has 0 rings (SSSR count). The first-order chi connectivity index (χ1) is 24.6. The lowest BCUT2D eigenvalue weighted by Crippen LogP contribution is -2.59. The minimum atomic E-state index is -1.48. The van der Waals surface area contributed by atoms with E-state index in [2.05, 4.69) is 36.6 Å². The van der Waals surface area contributed by atoms with Gasteiger partial charge < -0.3 is 66.1 Å². The molecule has 18 N–H and O–H groups in total. The number of hydrogen-bond acceptors (Lipinski definition) is 10. The van der Waals surface area contributed by atoms with Crippen LogP contribution in [0.15, 0.2) is 9.98 Å². The van der Waals surface area contributed by atoms with Crippen LogP contribution in [-0.2, 0) is 33.6 Å². The molecule has 0 aliphatic carbocycles. The monoisotopic (exact) mass is 755 g/mol. The summed E-state index contributed by atoms with van der Waals surface area (Å²) in [6.07, 6.45) is 0.501. The summed E-state index contributed by atoms with van der Waals surface area (Å²) >= 11 is 0. The van der Waals surface area contributed by atoms with Crippen molar-refractivity contribution in [1.82, 2.24) is 26.6 Å². The molecule has 0 fully saturated rings. The van der Waals surface area contributed by atoms with Gasteiger partial charge in [0.05, 0.1) is 6.04 Å². The average Bonchev–Trinajstić information content (AvgIpc) is 3.03. The van der Waals surface area contributed by atoms with Gasteiger partial charge in [0.25, 0.3) is 0 Å². The van der Waals surface area contributed by atoms with Crippen molar-refractivity contribution in [2.45, 2.75) is 122 Å². The highest BCUT2D eigenvalue weighted by molar-refractivity contribution is 5.96. The van der Waals surface area contributed by atoms with Crippen LogP contribution in [0.2, 0.25) is 0 Å². The van der Waals surface area contributed by atoms with E-state index >= 15 is 0 Å². The first kappa shape index (κ1) is 47.8. The fraction of sp³-hybridized carbons (Fsp3) is 0.719. The van der Waals surface area contributed by atoms with Gasteiger partial charge >= 0.3 is 5.97 Å². The first-order valence-corrected chi connectivity index (χ1v) is 17.5. The van der Waals surface area contributed by atoms with Crippen LogP contribution in [-0.4, -0.2) is 108 Å². The Balaban J connectivity index is 5.99. The van der Waals surface area contributed by atoms with Gasteiger partial charge in [-0.15, -0.1) is 0 Å². The molecule has 0 aliphatic heterocycles. The van der Waals surface area contributed by atoms with E-state index in [9.17, 15) is 38.7 Å². The number of aliphatic imine (C=N–C) groups is 2. The van der Waals surface area contributed by atoms with E-state index in [1.807, 2.05) is 13.8 Å². The number of carboxylic acid groups (broad SMARTS) is 1. The summed E-state index contributed by atoms with van der Waals surface area (Å²) in [4.78, 5) is 97.0. The number of rotatable bonds is 26. The van der Waals surface area contributed by atoms with Crippen LogP contribution < -0.4 is 61.0 Å². The van der Waals surface area contributed by atoms with Crippen molar-refractivity contribution >= 4 is 53.3 Å². The maximum atomic E-state index is 13.6. The molecule has 6 atom stereocenters. The minimum absolute atomic E-state index is 0.0254. The van der Waals surface area contributed by atoms with E-state index in [0.717, 1.165) is 0 Å². The second kappa shape index (κ2) is 24.9. The fourth-order valence-corrected chi connectivity index (χ4v) is 4.91. The van der Waals surface area contributed by atoms with E-state index < -0.39 is 77.7 Å². The van der Waals surface area contributed by atoms with Crippen molar-refractivity contribution in [2.75, 3.05) is 13.1 Å². The molecule has 0 unspecified atom stereocenters. The predicted octanol–water partition coefficient (Wildman–Crippen LogP) is -3.69. The normalized spacial score (nSPS) is 14.3. The van der Waals surface area contributed by atoms with Gasteiger partial charge in [0.1, 0.15) is 30.2 Å². The number of guanidine groups is 2. The highest BCUT2D eigenvalue weighted by Crippen LogP contribution is 2.10. The summed E-state index contributed by atoms with van der Waals surface area (Å²) in [5.41, 5.74) is 32.6. The molecule has 0 aromatic heterocycles. The number of carbonyl (C=O) groups excluding carboxylic acids is 6. The molecule has 21 nitrogen and oxygen atoms in total. The van der Waals surface area contributed by atoms with Crippen LogP contribution in [0, 0.1) is 11.8 Å². The lowest BCUT2D eigenvalue weighted by atomic mass is 10.0. The number of amides is 6. The number of nitrogens with zero attached hydrogens (tertiary/aromatic N) is 2. The number of nitrogens with two attached hydrogens (primary N) is 6. The molecule has 0 heterocycles.